The topological polar surface area (TPSA) is 41.6 Å². The second kappa shape index (κ2) is 6.80. The normalized spacial score (nSPS) is 21.3. The number of amides is 1. The molecule has 1 amide bonds. The van der Waals surface area contributed by atoms with Crippen molar-refractivity contribution in [3.8, 4) is 0 Å². The Morgan fingerprint density at radius 3 is 2.93 bits per heavy atom. The zero-order valence-corrected chi connectivity index (χ0v) is 9.79. The van der Waals surface area contributed by atoms with Crippen molar-refractivity contribution < 1.29 is 9.53 Å². The van der Waals surface area contributed by atoms with Crippen molar-refractivity contribution in [3.05, 3.63) is 0 Å². The maximum Gasteiger partial charge on any atom is 0.239 e. The van der Waals surface area contributed by atoms with E-state index in [2.05, 4.69) is 5.32 Å². The summed E-state index contributed by atoms with van der Waals surface area (Å²) in [6.07, 6.45) is 4.24. The molecule has 1 rings (SSSR count). The highest BCUT2D eigenvalue weighted by Crippen LogP contribution is 2.09. The second-order valence-corrected chi connectivity index (χ2v) is 4.11. The Balaban J connectivity index is 2.24. The highest BCUT2D eigenvalue weighted by Gasteiger charge is 2.22. The van der Waals surface area contributed by atoms with Crippen LogP contribution in [0.4, 0.5) is 0 Å². The van der Waals surface area contributed by atoms with Crippen LogP contribution in [0.15, 0.2) is 0 Å². The zero-order valence-electron chi connectivity index (χ0n) is 9.79. The molecular weight excluding hydrogens is 192 g/mol. The molecule has 0 spiro atoms. The van der Waals surface area contributed by atoms with E-state index in [1.165, 1.54) is 6.42 Å². The number of piperidine rings is 1. The summed E-state index contributed by atoms with van der Waals surface area (Å²) < 4.78 is 4.96. The maximum atomic E-state index is 11.9. The van der Waals surface area contributed by atoms with Crippen LogP contribution in [0.3, 0.4) is 0 Å². The third kappa shape index (κ3) is 4.18. The van der Waals surface area contributed by atoms with E-state index < -0.39 is 0 Å². The van der Waals surface area contributed by atoms with E-state index in [1.807, 2.05) is 11.9 Å². The number of carbonyl (C=O) groups excluding carboxylic acids is 1. The molecule has 1 atom stereocenters. The number of nitrogens with one attached hydrogen (secondary N) is 1. The average Bonchev–Trinajstić information content (AvgIpc) is 2.29. The molecule has 0 bridgehead atoms. The smallest absolute Gasteiger partial charge is 0.239 e. The first-order valence-electron chi connectivity index (χ1n) is 5.73. The summed E-state index contributed by atoms with van der Waals surface area (Å²) in [7, 11) is 3.55. The Morgan fingerprint density at radius 2 is 2.33 bits per heavy atom. The second-order valence-electron chi connectivity index (χ2n) is 4.11. The van der Waals surface area contributed by atoms with Gasteiger partial charge in [0.2, 0.25) is 5.91 Å². The quantitative estimate of drug-likeness (QED) is 0.682. The Morgan fingerprint density at radius 1 is 1.53 bits per heavy atom. The van der Waals surface area contributed by atoms with Crippen molar-refractivity contribution in [1.82, 2.24) is 10.2 Å². The minimum atomic E-state index is 0.0475. The van der Waals surface area contributed by atoms with Crippen LogP contribution in [0.25, 0.3) is 0 Å². The van der Waals surface area contributed by atoms with Gasteiger partial charge in [0.05, 0.1) is 6.04 Å². The van der Waals surface area contributed by atoms with Crippen LogP contribution >= 0.6 is 0 Å². The summed E-state index contributed by atoms with van der Waals surface area (Å²) in [5.41, 5.74) is 0. The minimum Gasteiger partial charge on any atom is -0.385 e. The van der Waals surface area contributed by atoms with E-state index >= 15 is 0 Å². The van der Waals surface area contributed by atoms with Gasteiger partial charge in [-0.3, -0.25) is 4.79 Å². The van der Waals surface area contributed by atoms with Crippen LogP contribution in [0.1, 0.15) is 25.7 Å². The van der Waals surface area contributed by atoms with E-state index in [9.17, 15) is 4.79 Å². The van der Waals surface area contributed by atoms with Crippen LogP contribution in [-0.2, 0) is 9.53 Å². The molecule has 1 fully saturated rings. The Kier molecular flexibility index (Phi) is 5.65. The number of hydrogen-bond acceptors (Lipinski definition) is 3. The summed E-state index contributed by atoms with van der Waals surface area (Å²) in [5, 5.41) is 3.27. The van der Waals surface area contributed by atoms with E-state index in [1.54, 1.807) is 7.11 Å². The van der Waals surface area contributed by atoms with Gasteiger partial charge in [0.15, 0.2) is 0 Å². The molecule has 0 radical (unpaired) electrons. The van der Waals surface area contributed by atoms with E-state index in [0.29, 0.717) is 0 Å². The Bertz CT molecular complexity index is 191. The molecule has 0 aromatic rings. The summed E-state index contributed by atoms with van der Waals surface area (Å²) in [6, 6.07) is 0.0475. The molecule has 1 aliphatic rings. The first-order valence-corrected chi connectivity index (χ1v) is 5.73. The fourth-order valence-electron chi connectivity index (χ4n) is 1.88. The number of likely N-dealkylation sites (N-methyl/N-ethyl adjacent to an activating group) is 1. The third-order valence-electron chi connectivity index (χ3n) is 2.83. The molecule has 1 saturated heterocycles. The SMILES string of the molecule is COCCCN(C)C(=O)[C@H]1CCCCN1. The lowest BCUT2D eigenvalue weighted by Gasteiger charge is -2.27. The van der Waals surface area contributed by atoms with Gasteiger partial charge < -0.3 is 15.0 Å². The highest BCUT2D eigenvalue weighted by molar-refractivity contribution is 5.81. The van der Waals surface area contributed by atoms with E-state index in [-0.39, 0.29) is 11.9 Å². The predicted molar refractivity (Wildman–Crippen MR) is 59.8 cm³/mol. The van der Waals surface area contributed by atoms with Crippen molar-refractivity contribution >= 4 is 5.91 Å². The first kappa shape index (κ1) is 12.5. The van der Waals surface area contributed by atoms with Crippen LogP contribution in [0.5, 0.6) is 0 Å². The predicted octanol–water partition coefficient (Wildman–Crippen LogP) is 0.623. The van der Waals surface area contributed by atoms with E-state index in [0.717, 1.165) is 39.0 Å². The van der Waals surface area contributed by atoms with Crippen molar-refractivity contribution in [2.75, 3.05) is 33.9 Å². The monoisotopic (exact) mass is 214 g/mol. The van der Waals surface area contributed by atoms with Crippen LogP contribution in [-0.4, -0.2) is 50.7 Å². The number of hydrogen-bond donors (Lipinski definition) is 1. The molecule has 0 aliphatic carbocycles. The fraction of sp³-hybridized carbons (Fsp3) is 0.909. The van der Waals surface area contributed by atoms with Crippen molar-refractivity contribution in [2.24, 2.45) is 0 Å². The van der Waals surface area contributed by atoms with Gasteiger partial charge in [-0.05, 0) is 25.8 Å². The highest BCUT2D eigenvalue weighted by atomic mass is 16.5. The molecular formula is C11H22N2O2. The zero-order chi connectivity index (χ0) is 11.1. The van der Waals surface area contributed by atoms with Gasteiger partial charge in [-0.15, -0.1) is 0 Å². The number of methoxy groups -OCH3 is 1. The molecule has 4 heteroatoms. The molecule has 0 aromatic heterocycles. The molecule has 1 N–H and O–H groups in total. The summed E-state index contributed by atoms with van der Waals surface area (Å²) >= 11 is 0. The molecule has 0 unspecified atom stereocenters. The number of carbonyl (C=O) groups is 1. The van der Waals surface area contributed by atoms with Crippen molar-refractivity contribution in [1.29, 1.82) is 0 Å². The Hall–Kier alpha value is -0.610. The molecule has 1 heterocycles. The Labute approximate surface area is 92.0 Å². The lowest BCUT2D eigenvalue weighted by molar-refractivity contribution is -0.132. The van der Waals surface area contributed by atoms with Gasteiger partial charge in [0.1, 0.15) is 0 Å². The van der Waals surface area contributed by atoms with Crippen molar-refractivity contribution in [2.45, 2.75) is 31.7 Å². The van der Waals surface area contributed by atoms with Crippen molar-refractivity contribution in [3.63, 3.8) is 0 Å². The lowest BCUT2D eigenvalue weighted by atomic mass is 10.0. The van der Waals surface area contributed by atoms with E-state index in [4.69, 9.17) is 4.74 Å². The summed E-state index contributed by atoms with van der Waals surface area (Å²) in [4.78, 5) is 13.7. The van der Waals surface area contributed by atoms with Gasteiger partial charge in [-0.2, -0.15) is 0 Å². The largest absolute Gasteiger partial charge is 0.385 e. The lowest BCUT2D eigenvalue weighted by Crippen LogP contribution is -2.47. The van der Waals surface area contributed by atoms with Crippen LogP contribution < -0.4 is 5.32 Å². The third-order valence-corrected chi connectivity index (χ3v) is 2.83. The standard InChI is InChI=1S/C11H22N2O2/c1-13(8-5-9-15-2)11(14)10-6-3-4-7-12-10/h10,12H,3-9H2,1-2H3/t10-/m1/s1. The van der Waals surface area contributed by atoms with Gasteiger partial charge in [-0.1, -0.05) is 6.42 Å². The van der Waals surface area contributed by atoms with Crippen LogP contribution in [0, 0.1) is 0 Å². The summed E-state index contributed by atoms with van der Waals surface area (Å²) in [5.74, 6) is 0.228. The van der Waals surface area contributed by atoms with Gasteiger partial charge in [0, 0.05) is 27.3 Å². The number of nitrogens with zero attached hydrogens (tertiary/aromatic N) is 1. The molecule has 0 saturated carbocycles. The van der Waals surface area contributed by atoms with Crippen LogP contribution in [0.2, 0.25) is 0 Å². The van der Waals surface area contributed by atoms with Gasteiger partial charge in [-0.25, -0.2) is 0 Å². The maximum absolute atomic E-state index is 11.9. The molecule has 1 aliphatic heterocycles. The molecule has 4 nitrogen and oxygen atoms in total. The van der Waals surface area contributed by atoms with Gasteiger partial charge in [0.25, 0.3) is 0 Å². The average molecular weight is 214 g/mol. The number of rotatable bonds is 5. The summed E-state index contributed by atoms with van der Waals surface area (Å²) in [6.45, 7) is 2.48. The molecule has 88 valence electrons. The first-order chi connectivity index (χ1) is 7.25. The minimum absolute atomic E-state index is 0.0475. The number of ether oxygens (including phenoxy) is 1. The van der Waals surface area contributed by atoms with Gasteiger partial charge >= 0.3 is 0 Å². The molecule has 0 aromatic carbocycles. The fourth-order valence-corrected chi connectivity index (χ4v) is 1.88. The molecule has 15 heavy (non-hydrogen) atoms.